The highest BCUT2D eigenvalue weighted by molar-refractivity contribution is 4.76. The zero-order valence-corrected chi connectivity index (χ0v) is 10.4. The summed E-state index contributed by atoms with van der Waals surface area (Å²) in [6, 6.07) is 0. The molecular formula is C12H26N2O2. The number of aliphatic hydroxyl groups excluding tert-OH is 1. The first-order chi connectivity index (χ1) is 7.80. The minimum atomic E-state index is 0.210. The SMILES string of the molecule is CCOC(CN)CCN1CCC(CCO)C1. The summed E-state index contributed by atoms with van der Waals surface area (Å²) in [6.45, 7) is 7.05. The fourth-order valence-corrected chi connectivity index (χ4v) is 2.37. The minimum Gasteiger partial charge on any atom is -0.396 e. The second-order valence-corrected chi connectivity index (χ2v) is 4.57. The minimum absolute atomic E-state index is 0.210. The zero-order chi connectivity index (χ0) is 11.8. The number of likely N-dealkylation sites (tertiary alicyclic amines) is 1. The van der Waals surface area contributed by atoms with Crippen molar-refractivity contribution in [1.29, 1.82) is 0 Å². The van der Waals surface area contributed by atoms with Gasteiger partial charge in [-0.25, -0.2) is 0 Å². The molecule has 4 nitrogen and oxygen atoms in total. The number of nitrogens with two attached hydrogens (primary N) is 1. The first kappa shape index (κ1) is 13.9. The average molecular weight is 230 g/mol. The molecule has 0 saturated carbocycles. The van der Waals surface area contributed by atoms with Gasteiger partial charge in [-0.15, -0.1) is 0 Å². The Labute approximate surface area is 98.8 Å². The van der Waals surface area contributed by atoms with Gasteiger partial charge in [0.15, 0.2) is 0 Å². The summed E-state index contributed by atoms with van der Waals surface area (Å²) in [4.78, 5) is 2.46. The van der Waals surface area contributed by atoms with Crippen LogP contribution in [0.1, 0.15) is 26.2 Å². The van der Waals surface area contributed by atoms with Crippen molar-refractivity contribution in [3.63, 3.8) is 0 Å². The van der Waals surface area contributed by atoms with Gasteiger partial charge in [0.2, 0.25) is 0 Å². The molecule has 0 spiro atoms. The van der Waals surface area contributed by atoms with Crippen molar-refractivity contribution in [1.82, 2.24) is 4.90 Å². The number of hydrogen-bond acceptors (Lipinski definition) is 4. The van der Waals surface area contributed by atoms with Crippen LogP contribution in [0.5, 0.6) is 0 Å². The van der Waals surface area contributed by atoms with Gasteiger partial charge < -0.3 is 20.5 Å². The van der Waals surface area contributed by atoms with E-state index in [0.29, 0.717) is 19.1 Å². The first-order valence-electron chi connectivity index (χ1n) is 6.45. The van der Waals surface area contributed by atoms with Crippen molar-refractivity contribution in [3.05, 3.63) is 0 Å². The van der Waals surface area contributed by atoms with Crippen molar-refractivity contribution in [3.8, 4) is 0 Å². The molecule has 2 unspecified atom stereocenters. The molecule has 1 saturated heterocycles. The maximum absolute atomic E-state index is 8.88. The lowest BCUT2D eigenvalue weighted by Crippen LogP contribution is -2.30. The van der Waals surface area contributed by atoms with E-state index in [1.165, 1.54) is 6.42 Å². The molecule has 96 valence electrons. The highest BCUT2D eigenvalue weighted by Gasteiger charge is 2.22. The first-order valence-corrected chi connectivity index (χ1v) is 6.45. The largest absolute Gasteiger partial charge is 0.396 e. The normalized spacial score (nSPS) is 23.8. The zero-order valence-electron chi connectivity index (χ0n) is 10.4. The molecule has 4 heteroatoms. The summed E-state index contributed by atoms with van der Waals surface area (Å²) in [5.74, 6) is 0.688. The van der Waals surface area contributed by atoms with Gasteiger partial charge in [0.25, 0.3) is 0 Å². The maximum Gasteiger partial charge on any atom is 0.0709 e. The maximum atomic E-state index is 8.88. The second kappa shape index (κ2) is 8.01. The summed E-state index contributed by atoms with van der Waals surface area (Å²) in [5.41, 5.74) is 5.64. The van der Waals surface area contributed by atoms with Crippen LogP contribution in [0.2, 0.25) is 0 Å². The molecule has 0 radical (unpaired) electrons. The molecule has 0 aromatic carbocycles. The molecule has 0 aromatic heterocycles. The molecule has 1 rings (SSSR count). The van der Waals surface area contributed by atoms with E-state index in [-0.39, 0.29) is 6.10 Å². The third-order valence-corrected chi connectivity index (χ3v) is 3.34. The van der Waals surface area contributed by atoms with Crippen LogP contribution in [0.4, 0.5) is 0 Å². The van der Waals surface area contributed by atoms with Crippen LogP contribution in [0.3, 0.4) is 0 Å². The van der Waals surface area contributed by atoms with E-state index in [1.54, 1.807) is 0 Å². The van der Waals surface area contributed by atoms with Crippen LogP contribution in [-0.4, -0.2) is 55.5 Å². The van der Waals surface area contributed by atoms with Gasteiger partial charge in [0.1, 0.15) is 0 Å². The van der Waals surface area contributed by atoms with Crippen molar-refractivity contribution in [2.75, 3.05) is 39.4 Å². The Morgan fingerprint density at radius 3 is 3.00 bits per heavy atom. The molecule has 1 fully saturated rings. The van der Waals surface area contributed by atoms with Crippen molar-refractivity contribution in [2.45, 2.75) is 32.3 Å². The second-order valence-electron chi connectivity index (χ2n) is 4.57. The Balaban J connectivity index is 2.13. The Bertz CT molecular complexity index is 178. The summed E-state index contributed by atoms with van der Waals surface area (Å²) >= 11 is 0. The van der Waals surface area contributed by atoms with E-state index in [0.717, 1.165) is 39.1 Å². The van der Waals surface area contributed by atoms with E-state index >= 15 is 0 Å². The highest BCUT2D eigenvalue weighted by Crippen LogP contribution is 2.19. The lowest BCUT2D eigenvalue weighted by molar-refractivity contribution is 0.0559. The summed E-state index contributed by atoms with van der Waals surface area (Å²) in [5, 5.41) is 8.88. The van der Waals surface area contributed by atoms with Gasteiger partial charge in [-0.3, -0.25) is 0 Å². The molecule has 0 aromatic rings. The van der Waals surface area contributed by atoms with Crippen LogP contribution in [0.25, 0.3) is 0 Å². The third kappa shape index (κ3) is 4.78. The monoisotopic (exact) mass is 230 g/mol. The smallest absolute Gasteiger partial charge is 0.0709 e. The number of nitrogens with zero attached hydrogens (tertiary/aromatic N) is 1. The van der Waals surface area contributed by atoms with E-state index in [9.17, 15) is 0 Å². The van der Waals surface area contributed by atoms with Crippen LogP contribution < -0.4 is 5.73 Å². The number of ether oxygens (including phenoxy) is 1. The van der Waals surface area contributed by atoms with Gasteiger partial charge in [0, 0.05) is 32.8 Å². The van der Waals surface area contributed by atoms with Crippen molar-refractivity contribution < 1.29 is 9.84 Å². The topological polar surface area (TPSA) is 58.7 Å². The van der Waals surface area contributed by atoms with Crippen LogP contribution in [-0.2, 0) is 4.74 Å². The van der Waals surface area contributed by atoms with Crippen molar-refractivity contribution in [2.24, 2.45) is 11.7 Å². The summed E-state index contributed by atoms with van der Waals surface area (Å²) < 4.78 is 5.53. The van der Waals surface area contributed by atoms with Crippen molar-refractivity contribution >= 4 is 0 Å². The Morgan fingerprint density at radius 2 is 2.38 bits per heavy atom. The lowest BCUT2D eigenvalue weighted by Gasteiger charge is -2.20. The number of aliphatic hydroxyl groups is 1. The van der Waals surface area contributed by atoms with E-state index in [4.69, 9.17) is 15.6 Å². The Morgan fingerprint density at radius 1 is 1.56 bits per heavy atom. The molecule has 1 aliphatic heterocycles. The molecule has 3 N–H and O–H groups in total. The Hall–Kier alpha value is -0.160. The van der Waals surface area contributed by atoms with Crippen LogP contribution in [0, 0.1) is 5.92 Å². The number of hydrogen-bond donors (Lipinski definition) is 2. The quantitative estimate of drug-likeness (QED) is 0.635. The predicted octanol–water partition coefficient (Wildman–Crippen LogP) is 0.445. The van der Waals surface area contributed by atoms with Gasteiger partial charge in [-0.05, 0) is 38.6 Å². The predicted molar refractivity (Wildman–Crippen MR) is 65.3 cm³/mol. The third-order valence-electron chi connectivity index (χ3n) is 3.34. The molecule has 1 aliphatic rings. The van der Waals surface area contributed by atoms with Crippen LogP contribution >= 0.6 is 0 Å². The number of rotatable bonds is 8. The molecule has 0 bridgehead atoms. The standard InChI is InChI=1S/C12H26N2O2/c1-2-16-12(9-13)4-7-14-6-3-11(10-14)5-8-15/h11-12,15H,2-10,13H2,1H3. The molecular weight excluding hydrogens is 204 g/mol. The Kier molecular flexibility index (Phi) is 6.96. The van der Waals surface area contributed by atoms with E-state index in [2.05, 4.69) is 4.90 Å². The molecule has 16 heavy (non-hydrogen) atoms. The summed E-state index contributed by atoms with van der Waals surface area (Å²) in [6.07, 6.45) is 3.41. The molecule has 0 aliphatic carbocycles. The van der Waals surface area contributed by atoms with Gasteiger partial charge in [-0.2, -0.15) is 0 Å². The van der Waals surface area contributed by atoms with Gasteiger partial charge in [-0.1, -0.05) is 0 Å². The highest BCUT2D eigenvalue weighted by atomic mass is 16.5. The molecule has 1 heterocycles. The van der Waals surface area contributed by atoms with Gasteiger partial charge >= 0.3 is 0 Å². The van der Waals surface area contributed by atoms with E-state index < -0.39 is 0 Å². The fraction of sp³-hybridized carbons (Fsp3) is 1.00. The van der Waals surface area contributed by atoms with E-state index in [1.807, 2.05) is 6.92 Å². The van der Waals surface area contributed by atoms with Gasteiger partial charge in [0.05, 0.1) is 6.10 Å². The molecule has 2 atom stereocenters. The average Bonchev–Trinajstić information content (AvgIpc) is 2.72. The summed E-state index contributed by atoms with van der Waals surface area (Å²) in [7, 11) is 0. The molecule has 0 amide bonds. The lowest BCUT2D eigenvalue weighted by atomic mass is 10.1. The fourth-order valence-electron chi connectivity index (χ4n) is 2.37. The van der Waals surface area contributed by atoms with Crippen LogP contribution in [0.15, 0.2) is 0 Å².